The number of sulfonamides is 1. The third kappa shape index (κ3) is 6.16. The first kappa shape index (κ1) is 20.6. The molecule has 0 atom stereocenters. The Morgan fingerprint density at radius 3 is 2.48 bits per heavy atom. The zero-order valence-electron chi connectivity index (χ0n) is 14.9. The summed E-state index contributed by atoms with van der Waals surface area (Å²) in [6.07, 6.45) is 1.18. The number of rotatable bonds is 8. The maximum atomic E-state index is 13.7. The van der Waals surface area contributed by atoms with Gasteiger partial charge in [0, 0.05) is 19.5 Å². The molecule has 0 heterocycles. The van der Waals surface area contributed by atoms with Crippen LogP contribution in [0.5, 0.6) is 0 Å². The van der Waals surface area contributed by atoms with E-state index in [2.05, 4.69) is 5.32 Å². The van der Waals surface area contributed by atoms with Crippen molar-refractivity contribution < 1.29 is 17.6 Å². The van der Waals surface area contributed by atoms with Crippen LogP contribution >= 0.6 is 0 Å². The maximum absolute atomic E-state index is 13.7. The van der Waals surface area contributed by atoms with Gasteiger partial charge in [0.05, 0.1) is 17.5 Å². The van der Waals surface area contributed by atoms with Gasteiger partial charge in [0.1, 0.15) is 11.9 Å². The first-order valence-corrected chi connectivity index (χ1v) is 10.1. The van der Waals surface area contributed by atoms with Crippen LogP contribution in [0.25, 0.3) is 0 Å². The van der Waals surface area contributed by atoms with Gasteiger partial charge in [-0.3, -0.25) is 4.79 Å². The van der Waals surface area contributed by atoms with Gasteiger partial charge in [-0.05, 0) is 30.2 Å². The fraction of sp³-hybridized carbons (Fsp3) is 0.263. The van der Waals surface area contributed by atoms with Gasteiger partial charge in [0.15, 0.2) is 0 Å². The number of benzene rings is 2. The molecule has 0 fully saturated rings. The Balaban J connectivity index is 1.97. The summed E-state index contributed by atoms with van der Waals surface area (Å²) in [7, 11) is -3.55. The molecule has 142 valence electrons. The fourth-order valence-corrected chi connectivity index (χ4v) is 3.36. The molecule has 0 radical (unpaired) electrons. The number of para-hydroxylation sites is 1. The first-order valence-electron chi connectivity index (χ1n) is 8.29. The molecule has 0 spiro atoms. The fourth-order valence-electron chi connectivity index (χ4n) is 2.52. The van der Waals surface area contributed by atoms with Crippen molar-refractivity contribution in [1.29, 1.82) is 5.26 Å². The Morgan fingerprint density at radius 1 is 1.15 bits per heavy atom. The van der Waals surface area contributed by atoms with Crippen molar-refractivity contribution in [3.8, 4) is 6.07 Å². The molecule has 2 rings (SSSR count). The highest BCUT2D eigenvalue weighted by molar-refractivity contribution is 7.88. The number of anilines is 1. The van der Waals surface area contributed by atoms with Gasteiger partial charge in [-0.15, -0.1) is 0 Å². The highest BCUT2D eigenvalue weighted by Crippen LogP contribution is 2.14. The third-order valence-electron chi connectivity index (χ3n) is 3.97. The van der Waals surface area contributed by atoms with E-state index in [9.17, 15) is 17.6 Å². The summed E-state index contributed by atoms with van der Waals surface area (Å²) in [6, 6.07) is 14.7. The molecule has 2 aromatic rings. The molecule has 0 bridgehead atoms. The van der Waals surface area contributed by atoms with Crippen LogP contribution in [-0.4, -0.2) is 38.0 Å². The highest BCUT2D eigenvalue weighted by Gasteiger charge is 2.18. The predicted octanol–water partition coefficient (Wildman–Crippen LogP) is 2.53. The number of carbonyl (C=O) groups excluding carboxylic acids is 1. The van der Waals surface area contributed by atoms with Gasteiger partial charge in [-0.25, -0.2) is 17.1 Å². The van der Waals surface area contributed by atoms with Gasteiger partial charge >= 0.3 is 0 Å². The molecule has 1 amide bonds. The standard InChI is InChI=1S/C19H20FN3O3S/c1-27(25,26)23(12-10-15-6-2-4-8-17(15)20)13-11-19(24)22-18-9-5-3-7-16(18)14-21/h2-9H,10-13H2,1H3,(H,22,24). The Hall–Kier alpha value is -2.76. The Labute approximate surface area is 158 Å². The van der Waals surface area contributed by atoms with Gasteiger partial charge < -0.3 is 5.32 Å². The number of nitrogens with zero attached hydrogens (tertiary/aromatic N) is 2. The van der Waals surface area contributed by atoms with Crippen LogP contribution in [-0.2, 0) is 21.2 Å². The molecule has 2 aromatic carbocycles. The molecule has 0 aromatic heterocycles. The van der Waals surface area contributed by atoms with Gasteiger partial charge in [-0.1, -0.05) is 30.3 Å². The first-order chi connectivity index (χ1) is 12.8. The van der Waals surface area contributed by atoms with Crippen LogP contribution in [0, 0.1) is 17.1 Å². The van der Waals surface area contributed by atoms with E-state index in [4.69, 9.17) is 5.26 Å². The Bertz CT molecular complexity index is 955. The van der Waals surface area contributed by atoms with Crippen LogP contribution in [0.1, 0.15) is 17.5 Å². The molecular weight excluding hydrogens is 369 g/mol. The van der Waals surface area contributed by atoms with Crippen LogP contribution < -0.4 is 5.32 Å². The molecule has 0 aliphatic carbocycles. The summed E-state index contributed by atoms with van der Waals surface area (Å²) in [4.78, 5) is 12.1. The maximum Gasteiger partial charge on any atom is 0.225 e. The summed E-state index contributed by atoms with van der Waals surface area (Å²) in [5.41, 5.74) is 1.12. The number of nitrogens with one attached hydrogen (secondary N) is 1. The number of halogens is 1. The predicted molar refractivity (Wildman–Crippen MR) is 101 cm³/mol. The largest absolute Gasteiger partial charge is 0.325 e. The second-order valence-corrected chi connectivity index (χ2v) is 7.94. The lowest BCUT2D eigenvalue weighted by atomic mass is 10.1. The van der Waals surface area contributed by atoms with Crippen molar-refractivity contribution in [1.82, 2.24) is 4.31 Å². The number of hydrogen-bond acceptors (Lipinski definition) is 4. The smallest absolute Gasteiger partial charge is 0.225 e. The Kier molecular flexibility index (Phi) is 7.05. The average molecular weight is 389 g/mol. The molecule has 0 aliphatic heterocycles. The van der Waals surface area contributed by atoms with Crippen LogP contribution in [0.2, 0.25) is 0 Å². The second kappa shape index (κ2) is 9.26. The zero-order valence-corrected chi connectivity index (χ0v) is 15.7. The normalized spacial score (nSPS) is 11.2. The van der Waals surface area contributed by atoms with Crippen molar-refractivity contribution in [2.24, 2.45) is 0 Å². The molecule has 0 saturated heterocycles. The molecule has 0 aliphatic rings. The lowest BCUT2D eigenvalue weighted by molar-refractivity contribution is -0.116. The molecular formula is C19H20FN3O3S. The van der Waals surface area contributed by atoms with Gasteiger partial charge in [0.2, 0.25) is 15.9 Å². The summed E-state index contributed by atoms with van der Waals surface area (Å²) in [5.74, 6) is -0.797. The minimum Gasteiger partial charge on any atom is -0.325 e. The topological polar surface area (TPSA) is 90.3 Å². The number of hydrogen-bond donors (Lipinski definition) is 1. The third-order valence-corrected chi connectivity index (χ3v) is 5.27. The highest BCUT2D eigenvalue weighted by atomic mass is 32.2. The SMILES string of the molecule is CS(=O)(=O)N(CCC(=O)Nc1ccccc1C#N)CCc1ccccc1F. The van der Waals surface area contributed by atoms with E-state index in [1.807, 2.05) is 6.07 Å². The molecule has 0 saturated carbocycles. The monoisotopic (exact) mass is 389 g/mol. The van der Waals surface area contributed by atoms with Crippen molar-refractivity contribution in [2.45, 2.75) is 12.8 Å². The minimum absolute atomic E-state index is 0.0339. The molecule has 0 unspecified atom stereocenters. The van der Waals surface area contributed by atoms with Gasteiger partial charge in [0.25, 0.3) is 0 Å². The van der Waals surface area contributed by atoms with Crippen LogP contribution in [0.15, 0.2) is 48.5 Å². The van der Waals surface area contributed by atoms with Crippen molar-refractivity contribution in [3.63, 3.8) is 0 Å². The summed E-state index contributed by atoms with van der Waals surface area (Å²) in [5, 5.41) is 11.6. The van der Waals surface area contributed by atoms with E-state index < -0.39 is 21.7 Å². The minimum atomic E-state index is -3.55. The lowest BCUT2D eigenvalue weighted by Crippen LogP contribution is -2.34. The number of amides is 1. The second-order valence-electron chi connectivity index (χ2n) is 5.96. The lowest BCUT2D eigenvalue weighted by Gasteiger charge is -2.20. The van der Waals surface area contributed by atoms with Crippen molar-refractivity contribution in [2.75, 3.05) is 24.7 Å². The summed E-state index contributed by atoms with van der Waals surface area (Å²) >= 11 is 0. The average Bonchev–Trinajstić information content (AvgIpc) is 2.62. The van der Waals surface area contributed by atoms with E-state index in [1.54, 1.807) is 42.5 Å². The quantitative estimate of drug-likeness (QED) is 0.751. The van der Waals surface area contributed by atoms with Crippen LogP contribution in [0.3, 0.4) is 0 Å². The van der Waals surface area contributed by atoms with Gasteiger partial charge in [-0.2, -0.15) is 5.26 Å². The number of nitriles is 1. The summed E-state index contributed by atoms with van der Waals surface area (Å²) < 4.78 is 38.8. The van der Waals surface area contributed by atoms with E-state index in [1.165, 1.54) is 6.07 Å². The van der Waals surface area contributed by atoms with E-state index in [0.717, 1.165) is 10.6 Å². The molecule has 27 heavy (non-hydrogen) atoms. The van der Waals surface area contributed by atoms with E-state index in [-0.39, 0.29) is 25.9 Å². The summed E-state index contributed by atoms with van der Waals surface area (Å²) in [6.45, 7) is 0.0374. The van der Waals surface area contributed by atoms with Crippen LogP contribution in [0.4, 0.5) is 10.1 Å². The van der Waals surface area contributed by atoms with E-state index in [0.29, 0.717) is 16.8 Å². The molecule has 1 N–H and O–H groups in total. The molecule has 8 heteroatoms. The van der Waals surface area contributed by atoms with Crippen molar-refractivity contribution in [3.05, 3.63) is 65.5 Å². The molecule has 6 nitrogen and oxygen atoms in total. The van der Waals surface area contributed by atoms with Crippen molar-refractivity contribution >= 4 is 21.6 Å². The van der Waals surface area contributed by atoms with E-state index >= 15 is 0 Å². The zero-order chi connectivity index (χ0) is 19.9. The number of carbonyl (C=O) groups is 1. The Morgan fingerprint density at radius 2 is 1.81 bits per heavy atom.